The summed E-state index contributed by atoms with van der Waals surface area (Å²) in [5, 5.41) is 0. The molecule has 0 saturated carbocycles. The quantitative estimate of drug-likeness (QED) is 0.201. The van der Waals surface area contributed by atoms with Crippen LogP contribution < -0.4 is 9.47 Å². The lowest BCUT2D eigenvalue weighted by Gasteiger charge is -2.18. The summed E-state index contributed by atoms with van der Waals surface area (Å²) >= 11 is 0. The number of hydrogen-bond donors (Lipinski definition) is 0. The molecule has 0 aliphatic heterocycles. The van der Waals surface area contributed by atoms with Crippen LogP contribution in [0.3, 0.4) is 0 Å². The van der Waals surface area contributed by atoms with Gasteiger partial charge in [0.25, 0.3) is 0 Å². The smallest absolute Gasteiger partial charge is 0.227 e. The number of oxazole rings is 1. The van der Waals surface area contributed by atoms with Gasteiger partial charge in [-0.2, -0.15) is 0 Å². The number of fused-ring (bicyclic) bond motifs is 1. The van der Waals surface area contributed by atoms with Gasteiger partial charge in [-0.15, -0.1) is 0 Å². The van der Waals surface area contributed by atoms with Gasteiger partial charge in [-0.3, -0.25) is 0 Å². The maximum atomic E-state index is 6.06. The van der Waals surface area contributed by atoms with E-state index in [0.29, 0.717) is 19.1 Å². The first-order chi connectivity index (χ1) is 18.8. The number of ether oxygens (including phenoxy) is 2. The van der Waals surface area contributed by atoms with E-state index in [0.717, 1.165) is 80.3 Å². The van der Waals surface area contributed by atoms with Crippen molar-refractivity contribution < 1.29 is 13.9 Å². The van der Waals surface area contributed by atoms with E-state index in [-0.39, 0.29) is 0 Å². The van der Waals surface area contributed by atoms with Crippen LogP contribution in [0.25, 0.3) is 22.6 Å². The van der Waals surface area contributed by atoms with Gasteiger partial charge in [0.15, 0.2) is 5.58 Å². The minimum atomic E-state index is 0.604. The number of hydrogen-bond acceptors (Lipinski definition) is 8. The SMILES string of the molecule is CN(C)CCCN(C)CCCOc1ccc(-c2nc3ccc(OCCCN(C)CCCN(C)C)cc3o2)cc1. The lowest BCUT2D eigenvalue weighted by Crippen LogP contribution is -2.25. The Hall–Kier alpha value is -2.65. The Morgan fingerprint density at radius 2 is 1.13 bits per heavy atom. The first-order valence-electron chi connectivity index (χ1n) is 14.2. The molecule has 0 aliphatic carbocycles. The zero-order chi connectivity index (χ0) is 28.0. The van der Waals surface area contributed by atoms with E-state index in [9.17, 15) is 0 Å². The maximum absolute atomic E-state index is 6.06. The van der Waals surface area contributed by atoms with Crippen molar-refractivity contribution in [2.75, 3.05) is 94.8 Å². The normalized spacial score (nSPS) is 11.9. The van der Waals surface area contributed by atoms with Gasteiger partial charge < -0.3 is 33.5 Å². The van der Waals surface area contributed by atoms with Crippen LogP contribution in [0.2, 0.25) is 0 Å². The molecule has 39 heavy (non-hydrogen) atoms. The van der Waals surface area contributed by atoms with Crippen molar-refractivity contribution in [3.05, 3.63) is 42.5 Å². The zero-order valence-corrected chi connectivity index (χ0v) is 25.0. The van der Waals surface area contributed by atoms with Gasteiger partial charge in [0.05, 0.1) is 13.2 Å². The third-order valence-electron chi connectivity index (χ3n) is 6.66. The molecule has 2 aromatic carbocycles. The first kappa shape index (κ1) is 30.9. The van der Waals surface area contributed by atoms with Gasteiger partial charge >= 0.3 is 0 Å². The van der Waals surface area contributed by atoms with Crippen molar-refractivity contribution in [1.82, 2.24) is 24.6 Å². The number of benzene rings is 2. The summed E-state index contributed by atoms with van der Waals surface area (Å²) in [6.07, 6.45) is 4.36. The summed E-state index contributed by atoms with van der Waals surface area (Å²) < 4.78 is 18.0. The standard InChI is InChI=1S/C31H49N5O3/c1-33(2)17-7-19-35(5)21-9-23-37-27-13-11-26(12-14-27)31-32-29-16-15-28(25-30(29)39-31)38-24-10-22-36(6)20-8-18-34(3)4/h11-16,25H,7-10,17-24H2,1-6H3. The maximum Gasteiger partial charge on any atom is 0.227 e. The van der Waals surface area contributed by atoms with Gasteiger partial charge in [-0.1, -0.05) is 0 Å². The van der Waals surface area contributed by atoms with Crippen molar-refractivity contribution in [3.63, 3.8) is 0 Å². The molecule has 216 valence electrons. The van der Waals surface area contributed by atoms with Crippen LogP contribution >= 0.6 is 0 Å². The Morgan fingerprint density at radius 1 is 0.615 bits per heavy atom. The molecule has 0 saturated heterocycles. The number of nitrogens with zero attached hydrogens (tertiary/aromatic N) is 5. The second kappa shape index (κ2) is 16.5. The Labute approximate surface area is 235 Å². The summed E-state index contributed by atoms with van der Waals surface area (Å²) in [6.45, 7) is 7.90. The molecule has 0 unspecified atom stereocenters. The molecule has 1 aromatic heterocycles. The number of aromatic nitrogens is 1. The van der Waals surface area contributed by atoms with E-state index in [1.807, 2.05) is 42.5 Å². The van der Waals surface area contributed by atoms with Crippen LogP contribution in [-0.4, -0.2) is 119 Å². The second-order valence-corrected chi connectivity index (χ2v) is 11.0. The van der Waals surface area contributed by atoms with E-state index in [1.165, 1.54) is 12.8 Å². The molecule has 3 aromatic rings. The van der Waals surface area contributed by atoms with Gasteiger partial charge in [-0.05, 0) is 131 Å². The van der Waals surface area contributed by atoms with Crippen LogP contribution in [-0.2, 0) is 0 Å². The molecular formula is C31H49N5O3. The molecule has 3 rings (SSSR count). The highest BCUT2D eigenvalue weighted by Crippen LogP contribution is 2.28. The fourth-order valence-electron chi connectivity index (χ4n) is 4.40. The summed E-state index contributed by atoms with van der Waals surface area (Å²) in [5.74, 6) is 2.28. The highest BCUT2D eigenvalue weighted by atomic mass is 16.5. The van der Waals surface area contributed by atoms with Crippen LogP contribution in [0.15, 0.2) is 46.9 Å². The van der Waals surface area contributed by atoms with Crippen LogP contribution in [0.5, 0.6) is 11.5 Å². The predicted octanol–water partition coefficient (Wildman–Crippen LogP) is 4.80. The molecule has 0 N–H and O–H groups in total. The minimum absolute atomic E-state index is 0.604. The van der Waals surface area contributed by atoms with Gasteiger partial charge in [0.1, 0.15) is 17.0 Å². The Balaban J connectivity index is 1.40. The van der Waals surface area contributed by atoms with E-state index >= 15 is 0 Å². The summed E-state index contributed by atoms with van der Waals surface area (Å²) in [5.41, 5.74) is 2.49. The molecule has 0 amide bonds. The largest absolute Gasteiger partial charge is 0.494 e. The zero-order valence-electron chi connectivity index (χ0n) is 25.0. The molecule has 0 spiro atoms. The predicted molar refractivity (Wildman–Crippen MR) is 161 cm³/mol. The molecular weight excluding hydrogens is 490 g/mol. The second-order valence-electron chi connectivity index (χ2n) is 11.0. The fraction of sp³-hybridized carbons (Fsp3) is 0.581. The van der Waals surface area contributed by atoms with E-state index in [1.54, 1.807) is 0 Å². The van der Waals surface area contributed by atoms with Crippen molar-refractivity contribution in [2.24, 2.45) is 0 Å². The number of rotatable bonds is 19. The molecule has 0 radical (unpaired) electrons. The van der Waals surface area contributed by atoms with Gasteiger partial charge in [-0.25, -0.2) is 4.98 Å². The first-order valence-corrected chi connectivity index (χ1v) is 14.2. The topological polar surface area (TPSA) is 57.5 Å². The monoisotopic (exact) mass is 539 g/mol. The lowest BCUT2D eigenvalue weighted by atomic mass is 10.2. The van der Waals surface area contributed by atoms with E-state index < -0.39 is 0 Å². The third kappa shape index (κ3) is 11.5. The summed E-state index contributed by atoms with van der Waals surface area (Å²) in [7, 11) is 12.8. The minimum Gasteiger partial charge on any atom is -0.494 e. The van der Waals surface area contributed by atoms with Crippen molar-refractivity contribution >= 4 is 11.1 Å². The van der Waals surface area contributed by atoms with Crippen molar-refractivity contribution in [2.45, 2.75) is 25.7 Å². The van der Waals surface area contributed by atoms with Crippen LogP contribution in [0.1, 0.15) is 25.7 Å². The lowest BCUT2D eigenvalue weighted by molar-refractivity contribution is 0.254. The molecule has 8 nitrogen and oxygen atoms in total. The molecule has 0 bridgehead atoms. The van der Waals surface area contributed by atoms with Crippen molar-refractivity contribution in [1.29, 1.82) is 0 Å². The van der Waals surface area contributed by atoms with E-state index in [4.69, 9.17) is 13.9 Å². The molecule has 0 fully saturated rings. The van der Waals surface area contributed by atoms with Crippen LogP contribution in [0.4, 0.5) is 0 Å². The Morgan fingerprint density at radius 3 is 1.69 bits per heavy atom. The van der Waals surface area contributed by atoms with Gasteiger partial charge in [0, 0.05) is 24.7 Å². The highest BCUT2D eigenvalue weighted by Gasteiger charge is 2.10. The van der Waals surface area contributed by atoms with E-state index in [2.05, 4.69) is 66.9 Å². The average molecular weight is 540 g/mol. The van der Waals surface area contributed by atoms with Crippen molar-refractivity contribution in [3.8, 4) is 23.0 Å². The fourth-order valence-corrected chi connectivity index (χ4v) is 4.40. The Bertz CT molecular complexity index is 1080. The molecule has 0 aliphatic rings. The molecule has 0 atom stereocenters. The average Bonchev–Trinajstić information content (AvgIpc) is 3.32. The highest BCUT2D eigenvalue weighted by molar-refractivity contribution is 5.77. The molecule has 1 heterocycles. The van der Waals surface area contributed by atoms with Gasteiger partial charge in [0.2, 0.25) is 5.89 Å². The van der Waals surface area contributed by atoms with Crippen LogP contribution in [0, 0.1) is 0 Å². The Kier molecular flexibility index (Phi) is 13.0. The summed E-state index contributed by atoms with van der Waals surface area (Å²) in [4.78, 5) is 13.8. The third-order valence-corrected chi connectivity index (χ3v) is 6.66. The summed E-state index contributed by atoms with van der Waals surface area (Å²) in [6, 6.07) is 13.8. The molecule has 8 heteroatoms.